The van der Waals surface area contributed by atoms with Crippen LogP contribution in [0.4, 0.5) is 0 Å². The number of hydrogen-bond donors (Lipinski definition) is 1. The number of carbonyl (C=O) groups is 2. The van der Waals surface area contributed by atoms with Crippen molar-refractivity contribution in [3.63, 3.8) is 0 Å². The summed E-state index contributed by atoms with van der Waals surface area (Å²) in [7, 11) is -3.80. The fourth-order valence-electron chi connectivity index (χ4n) is 3.84. The molecule has 0 atom stereocenters. The van der Waals surface area contributed by atoms with Crippen LogP contribution in [0.2, 0.25) is 0 Å². The Kier molecular flexibility index (Phi) is 5.52. The summed E-state index contributed by atoms with van der Waals surface area (Å²) in [5, 5.41) is 7.03. The van der Waals surface area contributed by atoms with Crippen molar-refractivity contribution in [3.05, 3.63) is 57.9 Å². The maximum Gasteiger partial charge on any atom is 0.278 e. The number of imide groups is 1. The van der Waals surface area contributed by atoms with Gasteiger partial charge in [0.05, 0.1) is 17.0 Å². The van der Waals surface area contributed by atoms with Crippen molar-refractivity contribution in [2.75, 3.05) is 13.1 Å². The van der Waals surface area contributed by atoms with Crippen molar-refractivity contribution in [2.45, 2.75) is 31.2 Å². The van der Waals surface area contributed by atoms with Gasteiger partial charge in [-0.15, -0.1) is 11.3 Å². The molecule has 9 heteroatoms. The van der Waals surface area contributed by atoms with E-state index < -0.39 is 10.0 Å². The summed E-state index contributed by atoms with van der Waals surface area (Å²) in [4.78, 5) is 30.7. The Hall–Kier alpha value is -2.49. The molecule has 2 aromatic rings. The Labute approximate surface area is 179 Å². The van der Waals surface area contributed by atoms with E-state index >= 15 is 0 Å². The molecule has 2 aliphatic rings. The van der Waals surface area contributed by atoms with E-state index in [0.29, 0.717) is 22.8 Å². The van der Waals surface area contributed by atoms with Crippen LogP contribution < -0.4 is 5.14 Å². The minimum absolute atomic E-state index is 0.00847. The lowest BCUT2D eigenvalue weighted by atomic mass is 9.98. The summed E-state index contributed by atoms with van der Waals surface area (Å²) in [6, 6.07) is 9.65. The molecule has 3 heterocycles. The number of hydrogen-bond acceptors (Lipinski definition) is 6. The molecule has 1 fully saturated rings. The van der Waals surface area contributed by atoms with E-state index in [4.69, 9.17) is 5.14 Å². The van der Waals surface area contributed by atoms with Crippen molar-refractivity contribution in [3.8, 4) is 0 Å². The topological polar surface area (TPSA) is 101 Å². The predicted octanol–water partition coefficient (Wildman–Crippen LogP) is 2.41. The number of nitrogens with zero attached hydrogens (tertiary/aromatic N) is 2. The van der Waals surface area contributed by atoms with Crippen molar-refractivity contribution in [1.29, 1.82) is 0 Å². The summed E-state index contributed by atoms with van der Waals surface area (Å²) < 4.78 is 22.9. The molecule has 4 rings (SSSR count). The van der Waals surface area contributed by atoms with Gasteiger partial charge in [0.25, 0.3) is 11.8 Å². The van der Waals surface area contributed by atoms with Crippen molar-refractivity contribution in [1.82, 2.24) is 9.80 Å². The summed E-state index contributed by atoms with van der Waals surface area (Å²) in [5.41, 5.74) is 1.60. The maximum atomic E-state index is 13.3. The highest BCUT2D eigenvalue weighted by molar-refractivity contribution is 7.89. The van der Waals surface area contributed by atoms with Gasteiger partial charge in [-0.1, -0.05) is 25.1 Å². The van der Waals surface area contributed by atoms with Crippen molar-refractivity contribution < 1.29 is 18.0 Å². The second kappa shape index (κ2) is 7.98. The number of primary sulfonamides is 1. The normalized spacial score (nSPS) is 18.6. The van der Waals surface area contributed by atoms with E-state index in [0.717, 1.165) is 30.8 Å². The van der Waals surface area contributed by atoms with Gasteiger partial charge >= 0.3 is 0 Å². The molecule has 1 aromatic carbocycles. The van der Waals surface area contributed by atoms with Crippen LogP contribution in [-0.4, -0.2) is 43.1 Å². The summed E-state index contributed by atoms with van der Waals surface area (Å²) in [6.45, 7) is 3.78. The van der Waals surface area contributed by atoms with Crippen molar-refractivity contribution >= 4 is 38.7 Å². The second-order valence-corrected chi connectivity index (χ2v) is 10.3. The van der Waals surface area contributed by atoms with Gasteiger partial charge in [0, 0.05) is 18.0 Å². The standard InChI is InChI=1S/C21H23N3O4S2/c1-14-8-10-23(11-9-14)19-18(17-3-2-12-29-17)20(25)24(21(19)26)13-15-4-6-16(7-5-15)30(22,27)28/h2-7,12,14H,8-11,13H2,1H3,(H2,22,27,28). The lowest BCUT2D eigenvalue weighted by Gasteiger charge is -2.32. The van der Waals surface area contributed by atoms with Crippen molar-refractivity contribution in [2.24, 2.45) is 11.1 Å². The van der Waals surface area contributed by atoms with E-state index in [1.54, 1.807) is 12.1 Å². The van der Waals surface area contributed by atoms with Crippen LogP contribution in [0, 0.1) is 5.92 Å². The number of carbonyl (C=O) groups excluding carboxylic acids is 2. The Bertz CT molecular complexity index is 1100. The molecule has 30 heavy (non-hydrogen) atoms. The number of benzene rings is 1. The largest absolute Gasteiger partial charge is 0.366 e. The average Bonchev–Trinajstić information content (AvgIpc) is 3.31. The van der Waals surface area contributed by atoms with Gasteiger partial charge in [0.2, 0.25) is 10.0 Å². The Morgan fingerprint density at radius 1 is 1.07 bits per heavy atom. The SMILES string of the molecule is CC1CCN(C2=C(c3cccs3)C(=O)N(Cc3ccc(S(N)(=O)=O)cc3)C2=O)CC1. The third-order valence-corrected chi connectivity index (χ3v) is 7.42. The molecule has 7 nitrogen and oxygen atoms in total. The average molecular weight is 446 g/mol. The lowest BCUT2D eigenvalue weighted by molar-refractivity contribution is -0.138. The molecule has 2 aliphatic heterocycles. The van der Waals surface area contributed by atoms with Crippen LogP contribution in [0.5, 0.6) is 0 Å². The van der Waals surface area contributed by atoms with Gasteiger partial charge in [-0.05, 0) is 47.9 Å². The highest BCUT2D eigenvalue weighted by Crippen LogP contribution is 2.36. The maximum absolute atomic E-state index is 13.3. The first-order valence-electron chi connectivity index (χ1n) is 9.76. The summed E-state index contributed by atoms with van der Waals surface area (Å²) >= 11 is 1.44. The highest BCUT2D eigenvalue weighted by atomic mass is 32.2. The molecular weight excluding hydrogens is 422 g/mol. The molecule has 0 saturated carbocycles. The van der Waals surface area contributed by atoms with E-state index in [-0.39, 0.29) is 23.3 Å². The summed E-state index contributed by atoms with van der Waals surface area (Å²) in [6.07, 6.45) is 1.97. The fourth-order valence-corrected chi connectivity index (χ4v) is 5.12. The molecule has 0 unspecified atom stereocenters. The molecule has 1 saturated heterocycles. The third-order valence-electron chi connectivity index (χ3n) is 5.60. The predicted molar refractivity (Wildman–Crippen MR) is 115 cm³/mol. The first-order chi connectivity index (χ1) is 14.3. The van der Waals surface area contributed by atoms with Gasteiger partial charge in [-0.3, -0.25) is 14.5 Å². The van der Waals surface area contributed by atoms with E-state index in [1.165, 1.54) is 28.4 Å². The number of amides is 2. The number of rotatable bonds is 5. The zero-order valence-corrected chi connectivity index (χ0v) is 18.2. The minimum Gasteiger partial charge on any atom is -0.366 e. The Morgan fingerprint density at radius 3 is 2.30 bits per heavy atom. The fraction of sp³-hybridized carbons (Fsp3) is 0.333. The molecule has 0 bridgehead atoms. The molecule has 0 radical (unpaired) electrons. The molecule has 0 aliphatic carbocycles. The zero-order valence-electron chi connectivity index (χ0n) is 16.6. The summed E-state index contributed by atoms with van der Waals surface area (Å²) in [5.74, 6) is -0.00671. The van der Waals surface area contributed by atoms with Crippen LogP contribution in [0.1, 0.15) is 30.2 Å². The smallest absolute Gasteiger partial charge is 0.278 e. The van der Waals surface area contributed by atoms with Crippen LogP contribution >= 0.6 is 11.3 Å². The second-order valence-electron chi connectivity index (χ2n) is 7.76. The molecule has 2 amide bonds. The molecule has 0 spiro atoms. The number of likely N-dealkylation sites (tertiary alicyclic amines) is 1. The van der Waals surface area contributed by atoms with E-state index in [1.807, 2.05) is 22.4 Å². The van der Waals surface area contributed by atoms with Crippen LogP contribution in [0.15, 0.2) is 52.4 Å². The first kappa shape index (κ1) is 20.8. The van der Waals surface area contributed by atoms with Gasteiger partial charge in [0.1, 0.15) is 5.70 Å². The van der Waals surface area contributed by atoms with Crippen LogP contribution in [0.3, 0.4) is 0 Å². The zero-order chi connectivity index (χ0) is 21.5. The number of nitrogens with two attached hydrogens (primary N) is 1. The molecule has 1 aromatic heterocycles. The number of piperidine rings is 1. The molecule has 2 N–H and O–H groups in total. The van der Waals surface area contributed by atoms with Crippen LogP contribution in [-0.2, 0) is 26.2 Å². The quantitative estimate of drug-likeness (QED) is 0.713. The van der Waals surface area contributed by atoms with Gasteiger partial charge in [-0.2, -0.15) is 0 Å². The van der Waals surface area contributed by atoms with E-state index in [2.05, 4.69) is 6.92 Å². The Balaban J connectivity index is 1.64. The van der Waals surface area contributed by atoms with Gasteiger partial charge in [0.15, 0.2) is 0 Å². The molecular formula is C21H23N3O4S2. The van der Waals surface area contributed by atoms with E-state index in [9.17, 15) is 18.0 Å². The minimum atomic E-state index is -3.80. The number of thiophene rings is 1. The van der Waals surface area contributed by atoms with Gasteiger partial charge in [-0.25, -0.2) is 13.6 Å². The third kappa shape index (κ3) is 3.92. The van der Waals surface area contributed by atoms with Gasteiger partial charge < -0.3 is 4.90 Å². The number of sulfonamides is 1. The first-order valence-corrected chi connectivity index (χ1v) is 12.2. The highest BCUT2D eigenvalue weighted by Gasteiger charge is 2.42. The monoisotopic (exact) mass is 445 g/mol. The Morgan fingerprint density at radius 2 is 1.73 bits per heavy atom. The lowest BCUT2D eigenvalue weighted by Crippen LogP contribution is -2.38. The molecule has 158 valence electrons. The van der Waals surface area contributed by atoms with Crippen LogP contribution in [0.25, 0.3) is 5.57 Å².